The van der Waals surface area contributed by atoms with Crippen molar-refractivity contribution in [2.24, 2.45) is 5.92 Å². The Kier molecular flexibility index (Phi) is 7.32. The lowest BCUT2D eigenvalue weighted by Crippen LogP contribution is -2.39. The van der Waals surface area contributed by atoms with Gasteiger partial charge in [-0.2, -0.15) is 4.98 Å². The molecule has 41 heavy (non-hydrogen) atoms. The molecular weight excluding hydrogens is 525 g/mol. The molecule has 0 radical (unpaired) electrons. The van der Waals surface area contributed by atoms with Crippen molar-refractivity contribution < 1.29 is 18.5 Å². The zero-order valence-electron chi connectivity index (χ0n) is 22.6. The highest BCUT2D eigenvalue weighted by atomic mass is 19.1. The number of carbonyl (C=O) groups excluding carboxylic acids is 2. The summed E-state index contributed by atoms with van der Waals surface area (Å²) < 4.78 is 19.5. The highest BCUT2D eigenvalue weighted by Gasteiger charge is 2.27. The monoisotopic (exact) mass is 555 g/mol. The maximum Gasteiger partial charge on any atom is 0.276 e. The summed E-state index contributed by atoms with van der Waals surface area (Å²) in [5.41, 5.74) is 4.54. The van der Waals surface area contributed by atoms with E-state index in [0.717, 1.165) is 48.0 Å². The number of hydrogen-bond acceptors (Lipinski definition) is 8. The fourth-order valence-electron chi connectivity index (χ4n) is 5.30. The molecule has 4 heterocycles. The van der Waals surface area contributed by atoms with Gasteiger partial charge in [-0.3, -0.25) is 9.59 Å². The maximum atomic E-state index is 14.5. The lowest BCUT2D eigenvalue weighted by atomic mass is 9.93. The van der Waals surface area contributed by atoms with Gasteiger partial charge in [0.05, 0.1) is 6.20 Å². The molecule has 210 valence electrons. The van der Waals surface area contributed by atoms with Crippen molar-refractivity contribution in [1.82, 2.24) is 20.0 Å². The number of likely N-dealkylation sites (tertiary alicyclic amines) is 1. The van der Waals surface area contributed by atoms with Gasteiger partial charge in [0.15, 0.2) is 17.3 Å². The van der Waals surface area contributed by atoms with E-state index in [4.69, 9.17) is 4.52 Å². The number of nitrogens with one attached hydrogen (secondary N) is 3. The number of fused-ring (bicyclic) bond motifs is 6. The van der Waals surface area contributed by atoms with Crippen LogP contribution in [-0.2, 0) is 17.6 Å². The molecule has 2 aliphatic rings. The molecule has 11 heteroatoms. The van der Waals surface area contributed by atoms with Crippen LogP contribution in [0.15, 0.2) is 59.3 Å². The maximum absolute atomic E-state index is 14.5. The van der Waals surface area contributed by atoms with E-state index in [9.17, 15) is 14.0 Å². The number of benzene rings is 2. The summed E-state index contributed by atoms with van der Waals surface area (Å²) in [6.07, 6.45) is 4.39. The smallest absolute Gasteiger partial charge is 0.276 e. The van der Waals surface area contributed by atoms with Crippen LogP contribution in [0, 0.1) is 18.7 Å². The van der Waals surface area contributed by atoms with Crippen LogP contribution in [0.2, 0.25) is 0 Å². The number of rotatable bonds is 4. The van der Waals surface area contributed by atoms with Crippen molar-refractivity contribution in [3.05, 3.63) is 83.1 Å². The van der Waals surface area contributed by atoms with E-state index in [1.165, 1.54) is 0 Å². The number of hydrogen-bond donors (Lipinski definition) is 3. The van der Waals surface area contributed by atoms with Crippen molar-refractivity contribution in [1.29, 1.82) is 0 Å². The third kappa shape index (κ3) is 6.19. The number of carbonyl (C=O) groups is 2. The Labute approximate surface area is 236 Å². The zero-order valence-corrected chi connectivity index (χ0v) is 22.6. The van der Waals surface area contributed by atoms with E-state index < -0.39 is 5.82 Å². The molecule has 1 saturated heterocycles. The fourth-order valence-corrected chi connectivity index (χ4v) is 5.30. The second kappa shape index (κ2) is 11.4. The first kappa shape index (κ1) is 26.4. The average Bonchev–Trinajstić information content (AvgIpc) is 3.41. The number of anilines is 5. The van der Waals surface area contributed by atoms with Gasteiger partial charge in [-0.05, 0) is 80.0 Å². The molecule has 3 N–H and O–H groups in total. The van der Waals surface area contributed by atoms with Crippen molar-refractivity contribution >= 4 is 40.6 Å². The van der Waals surface area contributed by atoms with Crippen molar-refractivity contribution in [3.63, 3.8) is 0 Å². The van der Waals surface area contributed by atoms with Crippen LogP contribution < -0.4 is 16.0 Å². The van der Waals surface area contributed by atoms with Gasteiger partial charge in [0.1, 0.15) is 5.76 Å². The molecule has 6 bridgehead atoms. The first-order valence-corrected chi connectivity index (χ1v) is 13.7. The van der Waals surface area contributed by atoms with E-state index in [1.54, 1.807) is 24.0 Å². The molecule has 1 fully saturated rings. The summed E-state index contributed by atoms with van der Waals surface area (Å²) in [5, 5.41) is 13.1. The van der Waals surface area contributed by atoms with E-state index in [0.29, 0.717) is 43.1 Å². The van der Waals surface area contributed by atoms with Gasteiger partial charge in [-0.15, -0.1) is 0 Å². The summed E-state index contributed by atoms with van der Waals surface area (Å²) in [4.78, 5) is 35.9. The lowest BCUT2D eigenvalue weighted by molar-refractivity contribution is -0.117. The quantitative estimate of drug-likeness (QED) is 0.307. The molecular formula is C30H30FN7O3. The van der Waals surface area contributed by atoms with Crippen molar-refractivity contribution in [2.45, 2.75) is 39.0 Å². The third-order valence-electron chi connectivity index (χ3n) is 7.48. The van der Waals surface area contributed by atoms with Gasteiger partial charge in [0.25, 0.3) is 5.91 Å². The number of halogens is 1. The van der Waals surface area contributed by atoms with Gasteiger partial charge in [-0.25, -0.2) is 9.37 Å². The van der Waals surface area contributed by atoms with Crippen LogP contribution in [0.25, 0.3) is 0 Å². The molecule has 0 saturated carbocycles. The molecule has 2 aromatic carbocycles. The molecule has 6 rings (SSSR count). The summed E-state index contributed by atoms with van der Waals surface area (Å²) in [6, 6.07) is 15.1. The Hall–Kier alpha value is -4.80. The Morgan fingerprint density at radius 2 is 1.90 bits per heavy atom. The third-order valence-corrected chi connectivity index (χ3v) is 7.48. The van der Waals surface area contributed by atoms with Crippen LogP contribution in [0.5, 0.6) is 0 Å². The summed E-state index contributed by atoms with van der Waals surface area (Å²) in [7, 11) is 0. The first-order chi connectivity index (χ1) is 19.9. The normalized spacial score (nSPS) is 15.0. The van der Waals surface area contributed by atoms with E-state index in [-0.39, 0.29) is 29.5 Å². The zero-order chi connectivity index (χ0) is 28.3. The summed E-state index contributed by atoms with van der Waals surface area (Å²) >= 11 is 0. The highest BCUT2D eigenvalue weighted by molar-refractivity contribution is 5.93. The van der Waals surface area contributed by atoms with E-state index in [1.807, 2.05) is 36.4 Å². The minimum absolute atomic E-state index is 0.0594. The second-order valence-corrected chi connectivity index (χ2v) is 10.5. The van der Waals surface area contributed by atoms with Crippen molar-refractivity contribution in [2.75, 3.05) is 29.0 Å². The SMILES string of the molecule is Cc1cc(C(=O)N2CCC(CC(=O)Nc3ccc4cc3CCc3cccc(c3)Nc3ncc(F)c(n3)N4)CC2)no1. The Balaban J connectivity index is 1.14. The number of amides is 2. The van der Waals surface area contributed by atoms with E-state index in [2.05, 4.69) is 31.1 Å². The van der Waals surface area contributed by atoms with Crippen molar-refractivity contribution in [3.8, 4) is 0 Å². The minimum atomic E-state index is -0.568. The van der Waals surface area contributed by atoms with Gasteiger partial charge >= 0.3 is 0 Å². The molecule has 0 aliphatic carbocycles. The van der Waals surface area contributed by atoms with E-state index >= 15 is 0 Å². The summed E-state index contributed by atoms with van der Waals surface area (Å²) in [5.74, 6) is 0.346. The molecule has 2 aliphatic heterocycles. The largest absolute Gasteiger partial charge is 0.361 e. The number of piperidine rings is 1. The van der Waals surface area contributed by atoms with Crippen LogP contribution in [0.1, 0.15) is 46.6 Å². The average molecular weight is 556 g/mol. The predicted molar refractivity (Wildman–Crippen MR) is 152 cm³/mol. The van der Waals surface area contributed by atoms with Gasteiger partial charge in [0.2, 0.25) is 11.9 Å². The topological polar surface area (TPSA) is 125 Å². The van der Waals surface area contributed by atoms with Crippen LogP contribution in [-0.4, -0.2) is 44.9 Å². The minimum Gasteiger partial charge on any atom is -0.361 e. The first-order valence-electron chi connectivity index (χ1n) is 13.7. The Bertz CT molecular complexity index is 1600. The molecule has 10 nitrogen and oxygen atoms in total. The molecule has 4 aromatic rings. The van der Waals surface area contributed by atoms with Crippen LogP contribution in [0.3, 0.4) is 0 Å². The molecule has 2 amide bonds. The molecule has 2 aromatic heterocycles. The van der Waals surface area contributed by atoms with Gasteiger partial charge in [0, 0.05) is 42.6 Å². The highest BCUT2D eigenvalue weighted by Crippen LogP contribution is 2.29. The standard InChI is InChI=1S/C30H30FN7O3/c1-18-13-26(37-41-18)29(40)38-11-9-20(10-12-38)15-27(39)35-25-8-7-23-16-21(25)6-5-19-3-2-4-22(14-19)34-30-32-17-24(31)28(33-23)36-30/h2-4,7-8,13-14,16-17,20H,5-6,9-12,15H2,1H3,(H,35,39)(H2,32,33,34,36). The van der Waals surface area contributed by atoms with Crippen LogP contribution >= 0.6 is 0 Å². The Morgan fingerprint density at radius 1 is 1.07 bits per heavy atom. The summed E-state index contributed by atoms with van der Waals surface area (Å²) in [6.45, 7) is 2.90. The van der Waals surface area contributed by atoms with Crippen LogP contribution in [0.4, 0.5) is 33.2 Å². The fraction of sp³-hybridized carbons (Fsp3) is 0.300. The van der Waals surface area contributed by atoms with Gasteiger partial charge < -0.3 is 25.4 Å². The number of nitrogens with zero attached hydrogens (tertiary/aromatic N) is 4. The molecule has 0 spiro atoms. The number of aryl methyl sites for hydroxylation is 3. The predicted octanol–water partition coefficient (Wildman–Crippen LogP) is 5.38. The molecule has 0 atom stereocenters. The lowest BCUT2D eigenvalue weighted by Gasteiger charge is -2.31. The Morgan fingerprint density at radius 3 is 2.71 bits per heavy atom. The van der Waals surface area contributed by atoms with Gasteiger partial charge in [-0.1, -0.05) is 17.3 Å². The number of aromatic nitrogens is 3. The molecule has 0 unspecified atom stereocenters. The second-order valence-electron chi connectivity index (χ2n) is 10.5.